The Morgan fingerprint density at radius 3 is 2.50 bits per heavy atom. The molecule has 1 amide bonds. The van der Waals surface area contributed by atoms with Crippen LogP contribution in [0.2, 0.25) is 0 Å². The highest BCUT2D eigenvalue weighted by Crippen LogP contribution is 2.24. The third-order valence-electron chi connectivity index (χ3n) is 6.20. The fourth-order valence-corrected chi connectivity index (χ4v) is 4.63. The SMILES string of the molecule is CC(C)C[C@@H](NC(=O)C1CCCCC1)C(=O)CN1CCCc2ccccc2C1. The Balaban J connectivity index is 1.61. The second-order valence-corrected chi connectivity index (χ2v) is 9.07. The van der Waals surface area contributed by atoms with Gasteiger partial charge in [-0.05, 0) is 55.7 Å². The molecule has 4 nitrogen and oxygen atoms in total. The fraction of sp³-hybridized carbons (Fsp3) is 0.667. The Morgan fingerprint density at radius 2 is 1.79 bits per heavy atom. The molecule has 0 saturated heterocycles. The molecule has 1 fully saturated rings. The molecule has 0 aromatic heterocycles. The molecule has 1 heterocycles. The molecule has 1 N–H and O–H groups in total. The second-order valence-electron chi connectivity index (χ2n) is 9.07. The van der Waals surface area contributed by atoms with E-state index in [0.717, 1.165) is 58.0 Å². The zero-order valence-electron chi connectivity index (χ0n) is 17.6. The van der Waals surface area contributed by atoms with Crippen LogP contribution in [0.4, 0.5) is 0 Å². The Morgan fingerprint density at radius 1 is 1.07 bits per heavy atom. The van der Waals surface area contributed by atoms with Gasteiger partial charge in [-0.1, -0.05) is 57.4 Å². The molecule has 1 saturated carbocycles. The van der Waals surface area contributed by atoms with Crippen LogP contribution < -0.4 is 5.32 Å². The van der Waals surface area contributed by atoms with E-state index in [2.05, 4.69) is 48.3 Å². The van der Waals surface area contributed by atoms with Crippen molar-refractivity contribution in [2.45, 2.75) is 77.8 Å². The van der Waals surface area contributed by atoms with Gasteiger partial charge in [0.05, 0.1) is 12.6 Å². The van der Waals surface area contributed by atoms with E-state index in [1.54, 1.807) is 0 Å². The van der Waals surface area contributed by atoms with Gasteiger partial charge in [0, 0.05) is 12.5 Å². The number of Topliss-reactive ketones (excluding diaryl/α,β-unsaturated/α-hetero) is 1. The Bertz CT molecular complexity index is 664. The van der Waals surface area contributed by atoms with E-state index in [1.165, 1.54) is 17.5 Å². The van der Waals surface area contributed by atoms with Crippen molar-refractivity contribution in [2.75, 3.05) is 13.1 Å². The smallest absolute Gasteiger partial charge is 0.223 e. The van der Waals surface area contributed by atoms with E-state index in [9.17, 15) is 9.59 Å². The van der Waals surface area contributed by atoms with Gasteiger partial charge in [-0.2, -0.15) is 0 Å². The first kappa shape index (κ1) is 21.0. The number of nitrogens with one attached hydrogen (secondary N) is 1. The van der Waals surface area contributed by atoms with E-state index in [0.29, 0.717) is 12.5 Å². The largest absolute Gasteiger partial charge is 0.346 e. The minimum absolute atomic E-state index is 0.0971. The number of aryl methyl sites for hydroxylation is 1. The standard InChI is InChI=1S/C24H36N2O2/c1-18(2)15-22(25-24(28)20-10-4-3-5-11-20)23(27)17-26-14-8-13-19-9-6-7-12-21(19)16-26/h6-7,9,12,18,20,22H,3-5,8,10-11,13-17H2,1-2H3,(H,25,28)/t22-/m1/s1. The van der Waals surface area contributed by atoms with Gasteiger partial charge in [-0.25, -0.2) is 0 Å². The predicted octanol–water partition coefficient (Wildman–Crippen LogP) is 4.12. The van der Waals surface area contributed by atoms with Gasteiger partial charge in [0.2, 0.25) is 5.91 Å². The number of carbonyl (C=O) groups is 2. The highest BCUT2D eigenvalue weighted by Gasteiger charge is 2.28. The van der Waals surface area contributed by atoms with E-state index < -0.39 is 0 Å². The minimum atomic E-state index is -0.354. The van der Waals surface area contributed by atoms with E-state index in [1.807, 2.05) is 0 Å². The second kappa shape index (κ2) is 10.2. The van der Waals surface area contributed by atoms with Crippen LogP contribution >= 0.6 is 0 Å². The molecule has 0 unspecified atom stereocenters. The van der Waals surface area contributed by atoms with Gasteiger partial charge >= 0.3 is 0 Å². The van der Waals surface area contributed by atoms with Gasteiger partial charge < -0.3 is 5.32 Å². The van der Waals surface area contributed by atoms with Crippen molar-refractivity contribution in [3.05, 3.63) is 35.4 Å². The van der Waals surface area contributed by atoms with Gasteiger partial charge in [-0.3, -0.25) is 14.5 Å². The van der Waals surface area contributed by atoms with Crippen LogP contribution in [0.1, 0.15) is 69.9 Å². The van der Waals surface area contributed by atoms with E-state index in [-0.39, 0.29) is 23.7 Å². The molecule has 1 atom stereocenters. The number of amides is 1. The van der Waals surface area contributed by atoms with Gasteiger partial charge in [0.1, 0.15) is 0 Å². The number of carbonyl (C=O) groups excluding carboxylic acids is 2. The maximum atomic E-state index is 13.1. The summed E-state index contributed by atoms with van der Waals surface area (Å²) >= 11 is 0. The highest BCUT2D eigenvalue weighted by molar-refractivity contribution is 5.91. The zero-order chi connectivity index (χ0) is 19.9. The maximum absolute atomic E-state index is 13.1. The van der Waals surface area contributed by atoms with Crippen molar-refractivity contribution >= 4 is 11.7 Å². The lowest BCUT2D eigenvalue weighted by molar-refractivity contribution is -0.131. The normalized spacial score (nSPS) is 19.7. The molecule has 1 aromatic carbocycles. The lowest BCUT2D eigenvalue weighted by Gasteiger charge is -2.27. The average Bonchev–Trinajstić information content (AvgIpc) is 2.89. The third-order valence-corrected chi connectivity index (χ3v) is 6.20. The molecule has 3 rings (SSSR count). The maximum Gasteiger partial charge on any atom is 0.223 e. The van der Waals surface area contributed by atoms with Crippen LogP contribution in [0.15, 0.2) is 24.3 Å². The molecule has 0 bridgehead atoms. The molecule has 1 aromatic rings. The summed E-state index contributed by atoms with van der Waals surface area (Å²) < 4.78 is 0. The molecule has 1 aliphatic heterocycles. The van der Waals surface area contributed by atoms with Crippen molar-refractivity contribution in [1.82, 2.24) is 10.2 Å². The molecular weight excluding hydrogens is 348 g/mol. The average molecular weight is 385 g/mol. The Labute approximate surface area is 170 Å². The first-order valence-corrected chi connectivity index (χ1v) is 11.1. The number of hydrogen-bond donors (Lipinski definition) is 1. The molecule has 4 heteroatoms. The molecule has 0 radical (unpaired) electrons. The minimum Gasteiger partial charge on any atom is -0.346 e. The Hall–Kier alpha value is -1.68. The van der Waals surface area contributed by atoms with Crippen LogP contribution in [0.25, 0.3) is 0 Å². The van der Waals surface area contributed by atoms with Crippen molar-refractivity contribution < 1.29 is 9.59 Å². The number of ketones is 1. The number of hydrogen-bond acceptors (Lipinski definition) is 3. The highest BCUT2D eigenvalue weighted by atomic mass is 16.2. The van der Waals surface area contributed by atoms with Crippen molar-refractivity contribution in [3.63, 3.8) is 0 Å². The summed E-state index contributed by atoms with van der Waals surface area (Å²) in [7, 11) is 0. The van der Waals surface area contributed by atoms with Crippen LogP contribution in [0.5, 0.6) is 0 Å². The summed E-state index contributed by atoms with van der Waals surface area (Å²) in [5.41, 5.74) is 2.74. The fourth-order valence-electron chi connectivity index (χ4n) is 4.63. The van der Waals surface area contributed by atoms with Crippen LogP contribution in [0.3, 0.4) is 0 Å². The lowest BCUT2D eigenvalue weighted by Crippen LogP contribution is -2.48. The number of nitrogens with zero attached hydrogens (tertiary/aromatic N) is 1. The molecule has 1 aliphatic carbocycles. The third kappa shape index (κ3) is 5.91. The van der Waals surface area contributed by atoms with Crippen molar-refractivity contribution in [2.24, 2.45) is 11.8 Å². The van der Waals surface area contributed by atoms with Gasteiger partial charge in [-0.15, -0.1) is 0 Å². The summed E-state index contributed by atoms with van der Waals surface area (Å²) in [6.45, 7) is 6.43. The summed E-state index contributed by atoms with van der Waals surface area (Å²) in [6, 6.07) is 8.20. The summed E-state index contributed by atoms with van der Waals surface area (Å²) in [6.07, 6.45) is 8.31. The summed E-state index contributed by atoms with van der Waals surface area (Å²) in [5.74, 6) is 0.740. The first-order valence-electron chi connectivity index (χ1n) is 11.1. The van der Waals surface area contributed by atoms with Crippen LogP contribution in [-0.2, 0) is 22.6 Å². The van der Waals surface area contributed by atoms with E-state index in [4.69, 9.17) is 0 Å². The van der Waals surface area contributed by atoms with Crippen molar-refractivity contribution in [3.8, 4) is 0 Å². The Kier molecular flexibility index (Phi) is 7.66. The van der Waals surface area contributed by atoms with Gasteiger partial charge in [0.15, 0.2) is 5.78 Å². The quantitative estimate of drug-likeness (QED) is 0.769. The topological polar surface area (TPSA) is 49.4 Å². The van der Waals surface area contributed by atoms with Gasteiger partial charge in [0.25, 0.3) is 0 Å². The number of fused-ring (bicyclic) bond motifs is 1. The number of benzene rings is 1. The van der Waals surface area contributed by atoms with Crippen LogP contribution in [-0.4, -0.2) is 35.7 Å². The van der Waals surface area contributed by atoms with Crippen molar-refractivity contribution in [1.29, 1.82) is 0 Å². The van der Waals surface area contributed by atoms with Crippen LogP contribution in [0, 0.1) is 11.8 Å². The lowest BCUT2D eigenvalue weighted by atomic mass is 9.88. The zero-order valence-corrected chi connectivity index (χ0v) is 17.6. The summed E-state index contributed by atoms with van der Waals surface area (Å²) in [5, 5.41) is 3.13. The molecule has 28 heavy (non-hydrogen) atoms. The number of rotatable bonds is 7. The summed E-state index contributed by atoms with van der Waals surface area (Å²) in [4.78, 5) is 28.1. The monoisotopic (exact) mass is 384 g/mol. The first-order chi connectivity index (χ1) is 13.5. The predicted molar refractivity (Wildman–Crippen MR) is 113 cm³/mol. The molecule has 0 spiro atoms. The molecule has 154 valence electrons. The molecule has 2 aliphatic rings. The van der Waals surface area contributed by atoms with E-state index >= 15 is 0 Å². The molecular formula is C24H36N2O2.